The number of hydrogen-bond acceptors (Lipinski definition) is 0. The molecule has 0 radical (unpaired) electrons. The maximum Gasteiger partial charge on any atom is 0.0171 e. The molecule has 1 aromatic heterocycles. The Morgan fingerprint density at radius 2 is 2.09 bits per heavy atom. The molecule has 0 aliphatic rings. The second-order valence-electron chi connectivity index (χ2n) is 3.38. The van der Waals surface area contributed by atoms with Gasteiger partial charge in [0.2, 0.25) is 0 Å². The van der Waals surface area contributed by atoms with Crippen molar-refractivity contribution in [2.75, 3.05) is 0 Å². The maximum atomic E-state index is 2.30. The van der Waals surface area contributed by atoms with Crippen LogP contribution in [0.25, 0.3) is 0 Å². The summed E-state index contributed by atoms with van der Waals surface area (Å²) in [6.45, 7) is 6.66. The quantitative estimate of drug-likeness (QED) is 0.612. The first kappa shape index (κ1) is 8.38. The summed E-state index contributed by atoms with van der Waals surface area (Å²) in [7, 11) is 2.12. The number of hydrogen-bond donors (Lipinski definition) is 0. The van der Waals surface area contributed by atoms with E-state index in [9.17, 15) is 0 Å². The molecule has 62 valence electrons. The Balaban J connectivity index is 2.95. The summed E-state index contributed by atoms with van der Waals surface area (Å²) in [4.78, 5) is 0. The summed E-state index contributed by atoms with van der Waals surface area (Å²) in [6, 6.07) is 2.30. The molecule has 11 heavy (non-hydrogen) atoms. The number of aryl methyl sites for hydroxylation is 2. The Bertz CT molecular complexity index is 233. The van der Waals surface area contributed by atoms with E-state index in [0.717, 1.165) is 6.42 Å². The zero-order valence-electron chi connectivity index (χ0n) is 7.89. The second kappa shape index (κ2) is 3.12. The number of nitrogens with zero attached hydrogens (tertiary/aromatic N) is 1. The van der Waals surface area contributed by atoms with E-state index in [4.69, 9.17) is 0 Å². The predicted molar refractivity (Wildman–Crippen MR) is 48.9 cm³/mol. The molecule has 0 unspecified atom stereocenters. The Labute approximate surface area is 69.0 Å². The summed E-state index contributed by atoms with van der Waals surface area (Å²) in [5.74, 6) is 0.654. The van der Waals surface area contributed by atoms with Crippen LogP contribution in [-0.2, 0) is 13.5 Å². The van der Waals surface area contributed by atoms with Crippen LogP contribution in [0.3, 0.4) is 0 Å². The molecule has 1 heterocycles. The molecule has 0 fully saturated rings. The summed E-state index contributed by atoms with van der Waals surface area (Å²) < 4.78 is 2.22. The van der Waals surface area contributed by atoms with Crippen molar-refractivity contribution in [3.63, 3.8) is 0 Å². The minimum atomic E-state index is 0.654. The van der Waals surface area contributed by atoms with E-state index < -0.39 is 0 Å². The number of rotatable bonds is 2. The molecule has 0 spiro atoms. The van der Waals surface area contributed by atoms with E-state index in [1.807, 2.05) is 0 Å². The third kappa shape index (κ3) is 1.65. The van der Waals surface area contributed by atoms with Gasteiger partial charge in [-0.25, -0.2) is 0 Å². The Morgan fingerprint density at radius 1 is 1.45 bits per heavy atom. The zero-order valence-corrected chi connectivity index (χ0v) is 7.89. The van der Waals surface area contributed by atoms with Gasteiger partial charge in [0.15, 0.2) is 0 Å². The van der Waals surface area contributed by atoms with Crippen molar-refractivity contribution in [3.05, 3.63) is 23.5 Å². The van der Waals surface area contributed by atoms with E-state index in [0.29, 0.717) is 5.92 Å². The monoisotopic (exact) mass is 151 g/mol. The van der Waals surface area contributed by atoms with E-state index in [-0.39, 0.29) is 0 Å². The standard InChI is InChI=1S/C10H17N/c1-5-10-6-9(8(2)3)7-11(10)4/h6-8H,5H2,1-4H3. The molecule has 0 saturated heterocycles. The highest BCUT2D eigenvalue weighted by atomic mass is 14.9. The average molecular weight is 151 g/mol. The highest BCUT2D eigenvalue weighted by molar-refractivity contribution is 5.21. The summed E-state index contributed by atoms with van der Waals surface area (Å²) in [6.07, 6.45) is 3.35. The van der Waals surface area contributed by atoms with Gasteiger partial charge < -0.3 is 4.57 Å². The van der Waals surface area contributed by atoms with Gasteiger partial charge in [0.1, 0.15) is 0 Å². The van der Waals surface area contributed by atoms with Gasteiger partial charge in [-0.1, -0.05) is 20.8 Å². The van der Waals surface area contributed by atoms with E-state index in [2.05, 4.69) is 44.6 Å². The highest BCUT2D eigenvalue weighted by Crippen LogP contribution is 2.16. The summed E-state index contributed by atoms with van der Waals surface area (Å²) in [5, 5.41) is 0. The number of aromatic nitrogens is 1. The van der Waals surface area contributed by atoms with Crippen LogP contribution in [0.4, 0.5) is 0 Å². The van der Waals surface area contributed by atoms with Crippen LogP contribution in [-0.4, -0.2) is 4.57 Å². The third-order valence-electron chi connectivity index (χ3n) is 2.16. The fraction of sp³-hybridized carbons (Fsp3) is 0.600. The van der Waals surface area contributed by atoms with Gasteiger partial charge in [0.05, 0.1) is 0 Å². The largest absolute Gasteiger partial charge is 0.354 e. The van der Waals surface area contributed by atoms with Crippen LogP contribution in [0, 0.1) is 0 Å². The molecule has 0 bridgehead atoms. The van der Waals surface area contributed by atoms with Crippen molar-refractivity contribution in [1.29, 1.82) is 0 Å². The molecule has 1 heteroatoms. The third-order valence-corrected chi connectivity index (χ3v) is 2.16. The maximum absolute atomic E-state index is 2.30. The van der Waals surface area contributed by atoms with Gasteiger partial charge in [-0.3, -0.25) is 0 Å². The van der Waals surface area contributed by atoms with Crippen molar-refractivity contribution in [2.45, 2.75) is 33.1 Å². The van der Waals surface area contributed by atoms with Gasteiger partial charge in [0, 0.05) is 18.9 Å². The summed E-state index contributed by atoms with van der Waals surface area (Å²) >= 11 is 0. The van der Waals surface area contributed by atoms with Crippen molar-refractivity contribution < 1.29 is 0 Å². The topological polar surface area (TPSA) is 4.93 Å². The van der Waals surface area contributed by atoms with Crippen molar-refractivity contribution in [3.8, 4) is 0 Å². The van der Waals surface area contributed by atoms with Gasteiger partial charge >= 0.3 is 0 Å². The van der Waals surface area contributed by atoms with Crippen LogP contribution in [0.1, 0.15) is 37.9 Å². The molecule has 0 saturated carbocycles. The fourth-order valence-corrected chi connectivity index (χ4v) is 1.31. The average Bonchev–Trinajstić information content (AvgIpc) is 2.31. The highest BCUT2D eigenvalue weighted by Gasteiger charge is 2.03. The van der Waals surface area contributed by atoms with Gasteiger partial charge in [-0.15, -0.1) is 0 Å². The van der Waals surface area contributed by atoms with Crippen molar-refractivity contribution >= 4 is 0 Å². The molecule has 0 atom stereocenters. The van der Waals surface area contributed by atoms with Crippen molar-refractivity contribution in [1.82, 2.24) is 4.57 Å². The van der Waals surface area contributed by atoms with Gasteiger partial charge in [-0.2, -0.15) is 0 Å². The zero-order chi connectivity index (χ0) is 8.43. The van der Waals surface area contributed by atoms with E-state index >= 15 is 0 Å². The first-order valence-corrected chi connectivity index (χ1v) is 4.30. The second-order valence-corrected chi connectivity index (χ2v) is 3.38. The first-order valence-electron chi connectivity index (χ1n) is 4.30. The minimum absolute atomic E-state index is 0.654. The van der Waals surface area contributed by atoms with Crippen LogP contribution >= 0.6 is 0 Å². The molecule has 0 aliphatic heterocycles. The molecule has 0 aromatic carbocycles. The minimum Gasteiger partial charge on any atom is -0.354 e. The van der Waals surface area contributed by atoms with Gasteiger partial charge in [-0.05, 0) is 24.0 Å². The Morgan fingerprint density at radius 3 is 2.36 bits per heavy atom. The Kier molecular flexibility index (Phi) is 2.38. The molecule has 0 aliphatic carbocycles. The lowest BCUT2D eigenvalue weighted by Crippen LogP contribution is -1.90. The van der Waals surface area contributed by atoms with Crippen molar-refractivity contribution in [2.24, 2.45) is 7.05 Å². The molecular formula is C10H17N. The van der Waals surface area contributed by atoms with Crippen LogP contribution in [0.15, 0.2) is 12.3 Å². The van der Waals surface area contributed by atoms with Crippen LogP contribution in [0.2, 0.25) is 0 Å². The van der Waals surface area contributed by atoms with Crippen LogP contribution < -0.4 is 0 Å². The lowest BCUT2D eigenvalue weighted by atomic mass is 10.1. The molecular weight excluding hydrogens is 134 g/mol. The lowest BCUT2D eigenvalue weighted by molar-refractivity contribution is 0.823. The molecule has 0 N–H and O–H groups in total. The van der Waals surface area contributed by atoms with Gasteiger partial charge in [0.25, 0.3) is 0 Å². The predicted octanol–water partition coefficient (Wildman–Crippen LogP) is 2.71. The Hall–Kier alpha value is -0.720. The molecule has 1 nitrogen and oxygen atoms in total. The smallest absolute Gasteiger partial charge is 0.0171 e. The summed E-state index contributed by atoms with van der Waals surface area (Å²) in [5.41, 5.74) is 2.87. The molecule has 0 amide bonds. The van der Waals surface area contributed by atoms with E-state index in [1.54, 1.807) is 0 Å². The lowest BCUT2D eigenvalue weighted by Gasteiger charge is -1.97. The van der Waals surface area contributed by atoms with E-state index in [1.165, 1.54) is 11.3 Å². The SMILES string of the molecule is CCc1cc(C(C)C)cn1C. The molecule has 1 aromatic rings. The first-order chi connectivity index (χ1) is 5.15. The molecule has 1 rings (SSSR count). The normalized spacial score (nSPS) is 11.0. The van der Waals surface area contributed by atoms with Crippen LogP contribution in [0.5, 0.6) is 0 Å². The fourth-order valence-electron chi connectivity index (χ4n) is 1.31.